The molecule has 13 heteroatoms. The highest BCUT2D eigenvalue weighted by atomic mass is 32.1. The highest BCUT2D eigenvalue weighted by molar-refractivity contribution is 7.15. The van der Waals surface area contributed by atoms with Gasteiger partial charge >= 0.3 is 12.1 Å². The maximum Gasteiger partial charge on any atom is 0.433 e. The van der Waals surface area contributed by atoms with Crippen molar-refractivity contribution in [3.8, 4) is 27.6 Å². The largest absolute Gasteiger partial charge is 0.481 e. The zero-order valence-corrected chi connectivity index (χ0v) is 23.7. The summed E-state index contributed by atoms with van der Waals surface area (Å²) in [5, 5.41) is 33.5. The summed E-state index contributed by atoms with van der Waals surface area (Å²) in [6, 6.07) is 11.5. The van der Waals surface area contributed by atoms with Crippen LogP contribution in [0, 0.1) is 28.5 Å². The van der Waals surface area contributed by atoms with E-state index in [0.29, 0.717) is 32.3 Å². The van der Waals surface area contributed by atoms with Crippen LogP contribution >= 0.6 is 11.3 Å². The number of thiazole rings is 1. The first-order valence-electron chi connectivity index (χ1n) is 13.1. The fourth-order valence-corrected chi connectivity index (χ4v) is 6.52. The highest BCUT2D eigenvalue weighted by Gasteiger charge is 2.49. The molecular formula is C30H25F4N5O3S. The molecule has 5 rings (SSSR count). The number of aliphatic hydroxyl groups is 1. The molecule has 0 spiro atoms. The summed E-state index contributed by atoms with van der Waals surface area (Å²) >= 11 is 1.20. The van der Waals surface area contributed by atoms with Crippen molar-refractivity contribution >= 4 is 28.9 Å². The molecule has 43 heavy (non-hydrogen) atoms. The fraction of sp³-hybridized carbons (Fsp3) is 0.300. The first kappa shape index (κ1) is 30.1. The van der Waals surface area contributed by atoms with Crippen LogP contribution < -0.4 is 5.32 Å². The van der Waals surface area contributed by atoms with Crippen LogP contribution in [-0.2, 0) is 16.6 Å². The number of carbonyl (C=O) groups is 1. The summed E-state index contributed by atoms with van der Waals surface area (Å²) in [5.74, 6) is -2.56. The van der Waals surface area contributed by atoms with E-state index in [2.05, 4.69) is 20.3 Å². The smallest absolute Gasteiger partial charge is 0.433 e. The Morgan fingerprint density at radius 3 is 2.51 bits per heavy atom. The van der Waals surface area contributed by atoms with Crippen LogP contribution in [0.5, 0.6) is 0 Å². The lowest BCUT2D eigenvalue weighted by molar-refractivity contribution is -0.154. The average molecular weight is 612 g/mol. The highest BCUT2D eigenvalue weighted by Crippen LogP contribution is 2.51. The molecule has 0 saturated heterocycles. The van der Waals surface area contributed by atoms with Crippen LogP contribution in [-0.4, -0.2) is 31.1 Å². The number of nitriles is 1. The number of anilines is 2. The van der Waals surface area contributed by atoms with Crippen LogP contribution in [0.15, 0.2) is 54.9 Å². The molecule has 0 amide bonds. The number of nitrogens with zero attached hydrogens (tertiary/aromatic N) is 4. The summed E-state index contributed by atoms with van der Waals surface area (Å²) in [6.45, 7) is 3.61. The Morgan fingerprint density at radius 1 is 1.12 bits per heavy atom. The Balaban J connectivity index is 1.55. The van der Waals surface area contributed by atoms with E-state index >= 15 is 0 Å². The SMILES string of the molecule is CC1(C)C[C@@](O)(c2ncc(-c3cc(Nc4nccc(C(F)(F)F)n4)cc(-c4ccc(C#N)c(F)c4)c3)s2)CC[C@H]1C(=O)O. The van der Waals surface area contributed by atoms with E-state index in [9.17, 15) is 32.6 Å². The number of hydrogen-bond donors (Lipinski definition) is 3. The summed E-state index contributed by atoms with van der Waals surface area (Å²) in [7, 11) is 0. The molecule has 0 radical (unpaired) electrons. The molecule has 222 valence electrons. The topological polar surface area (TPSA) is 132 Å². The Labute approximate surface area is 247 Å². The second-order valence-corrected chi connectivity index (χ2v) is 12.2. The lowest BCUT2D eigenvalue weighted by atomic mass is 9.63. The predicted octanol–water partition coefficient (Wildman–Crippen LogP) is 7.14. The third kappa shape index (κ3) is 6.21. The van der Waals surface area contributed by atoms with Gasteiger partial charge in [-0.15, -0.1) is 11.3 Å². The van der Waals surface area contributed by atoms with Crippen molar-refractivity contribution in [1.82, 2.24) is 15.0 Å². The first-order valence-corrected chi connectivity index (χ1v) is 13.9. The minimum Gasteiger partial charge on any atom is -0.481 e. The van der Waals surface area contributed by atoms with Gasteiger partial charge in [-0.2, -0.15) is 18.4 Å². The Kier molecular flexibility index (Phi) is 7.70. The van der Waals surface area contributed by atoms with Gasteiger partial charge in [-0.05, 0) is 77.8 Å². The maximum atomic E-state index is 14.5. The van der Waals surface area contributed by atoms with Gasteiger partial charge in [-0.3, -0.25) is 4.79 Å². The zero-order chi connectivity index (χ0) is 31.2. The van der Waals surface area contributed by atoms with E-state index in [1.807, 2.05) is 0 Å². The molecule has 3 N–H and O–H groups in total. The van der Waals surface area contributed by atoms with Gasteiger partial charge in [0.25, 0.3) is 0 Å². The molecule has 4 aromatic rings. The molecule has 1 fully saturated rings. The number of aromatic nitrogens is 3. The second kappa shape index (κ2) is 11.0. The van der Waals surface area contributed by atoms with E-state index < -0.39 is 40.6 Å². The first-order chi connectivity index (χ1) is 20.2. The number of hydrogen-bond acceptors (Lipinski definition) is 8. The molecule has 8 nitrogen and oxygen atoms in total. The van der Waals surface area contributed by atoms with Crippen molar-refractivity contribution in [2.45, 2.75) is 44.9 Å². The van der Waals surface area contributed by atoms with Crippen LogP contribution in [0.2, 0.25) is 0 Å². The average Bonchev–Trinajstić information content (AvgIpc) is 3.43. The van der Waals surface area contributed by atoms with Crippen LogP contribution in [0.25, 0.3) is 21.6 Å². The number of aliphatic carboxylic acids is 1. The van der Waals surface area contributed by atoms with Gasteiger partial charge in [-0.25, -0.2) is 19.3 Å². The number of halogens is 4. The van der Waals surface area contributed by atoms with Gasteiger partial charge in [-0.1, -0.05) is 19.9 Å². The van der Waals surface area contributed by atoms with Crippen LogP contribution in [0.1, 0.15) is 49.4 Å². The molecule has 1 saturated carbocycles. The number of alkyl halides is 3. The fourth-order valence-electron chi connectivity index (χ4n) is 5.50. The third-order valence-electron chi connectivity index (χ3n) is 7.58. The Morgan fingerprint density at radius 2 is 1.86 bits per heavy atom. The lowest BCUT2D eigenvalue weighted by Gasteiger charge is -2.44. The number of carboxylic acids is 1. The standard InChI is InChI=1S/C30H25F4N5O3S/c1-28(2)15-29(42,7-5-21(28)25(40)41)26-37-14-23(43-26)19-9-18(16-3-4-17(13-35)22(31)12-16)10-20(11-19)38-27-36-8-6-24(39-27)30(32,33)34/h3-4,6,8-12,14,21,42H,5,7,15H2,1-2H3,(H,40,41)(H,36,38,39)/t21-,29+/m0/s1. The quantitative estimate of drug-likeness (QED) is 0.196. The lowest BCUT2D eigenvalue weighted by Crippen LogP contribution is -2.44. The van der Waals surface area contributed by atoms with Gasteiger partial charge in [0.05, 0.1) is 16.4 Å². The Bertz CT molecular complexity index is 1750. The van der Waals surface area contributed by atoms with Crippen molar-refractivity contribution in [2.75, 3.05) is 5.32 Å². The number of carboxylic acid groups (broad SMARTS) is 1. The van der Waals surface area contributed by atoms with Gasteiger partial charge in [0.2, 0.25) is 5.95 Å². The van der Waals surface area contributed by atoms with E-state index in [4.69, 9.17) is 5.26 Å². The molecular weight excluding hydrogens is 586 g/mol. The van der Waals surface area contributed by atoms with Crippen LogP contribution in [0.3, 0.4) is 0 Å². The number of rotatable bonds is 6. The van der Waals surface area contributed by atoms with Crippen molar-refractivity contribution < 1.29 is 32.6 Å². The summed E-state index contributed by atoms with van der Waals surface area (Å²) < 4.78 is 54.2. The molecule has 1 aliphatic carbocycles. The number of benzene rings is 2. The summed E-state index contributed by atoms with van der Waals surface area (Å²) in [4.78, 5) is 24.3. The zero-order valence-electron chi connectivity index (χ0n) is 22.9. The monoisotopic (exact) mass is 611 g/mol. The molecule has 2 heterocycles. The third-order valence-corrected chi connectivity index (χ3v) is 8.82. The molecule has 2 atom stereocenters. The Hall–Kier alpha value is -4.41. The van der Waals surface area contributed by atoms with Crippen molar-refractivity contribution in [3.63, 3.8) is 0 Å². The molecule has 1 aliphatic rings. The van der Waals surface area contributed by atoms with Gasteiger partial charge in [0.15, 0.2) is 0 Å². The van der Waals surface area contributed by atoms with E-state index in [-0.39, 0.29) is 30.8 Å². The minimum atomic E-state index is -4.68. The van der Waals surface area contributed by atoms with Crippen molar-refractivity contribution in [3.05, 3.63) is 76.9 Å². The molecule has 0 unspecified atom stereocenters. The molecule has 0 bridgehead atoms. The molecule has 0 aliphatic heterocycles. The van der Waals surface area contributed by atoms with E-state index in [0.717, 1.165) is 12.3 Å². The van der Waals surface area contributed by atoms with Gasteiger partial charge < -0.3 is 15.5 Å². The maximum absolute atomic E-state index is 14.5. The van der Waals surface area contributed by atoms with Crippen LogP contribution in [0.4, 0.5) is 29.2 Å². The summed E-state index contributed by atoms with van der Waals surface area (Å²) in [5.41, 5.74) is -1.56. The van der Waals surface area contributed by atoms with E-state index in [1.165, 1.54) is 23.5 Å². The normalized spacial score (nSPS) is 19.9. The van der Waals surface area contributed by atoms with Gasteiger partial charge in [0, 0.05) is 18.1 Å². The predicted molar refractivity (Wildman–Crippen MR) is 151 cm³/mol. The second-order valence-electron chi connectivity index (χ2n) is 11.1. The van der Waals surface area contributed by atoms with Crippen molar-refractivity contribution in [1.29, 1.82) is 5.26 Å². The van der Waals surface area contributed by atoms with E-state index in [1.54, 1.807) is 50.4 Å². The molecule has 2 aromatic heterocycles. The number of nitrogens with one attached hydrogen (secondary N) is 1. The molecule has 2 aromatic carbocycles. The van der Waals surface area contributed by atoms with Crippen molar-refractivity contribution in [2.24, 2.45) is 11.3 Å². The van der Waals surface area contributed by atoms with Gasteiger partial charge in [0.1, 0.15) is 28.2 Å². The summed E-state index contributed by atoms with van der Waals surface area (Å²) in [6.07, 6.45) is -1.46. The minimum absolute atomic E-state index is 0.142.